The monoisotopic (exact) mass is 311 g/mol. The number of para-hydroxylation sites is 1. The third-order valence-corrected chi connectivity index (χ3v) is 3.92. The Morgan fingerprint density at radius 2 is 1.78 bits per heavy atom. The second-order valence-electron chi connectivity index (χ2n) is 6.72. The summed E-state index contributed by atoms with van der Waals surface area (Å²) < 4.78 is 10.8. The molecule has 1 aliphatic rings. The molecule has 0 fully saturated rings. The highest BCUT2D eigenvalue weighted by Gasteiger charge is 2.30. The molecule has 1 atom stereocenters. The molecule has 23 heavy (non-hydrogen) atoms. The second-order valence-corrected chi connectivity index (χ2v) is 6.72. The number of ether oxygens (including phenoxy) is 2. The van der Waals surface area contributed by atoms with E-state index < -0.39 is 0 Å². The van der Waals surface area contributed by atoms with Gasteiger partial charge in [-0.2, -0.15) is 0 Å². The van der Waals surface area contributed by atoms with Gasteiger partial charge < -0.3 is 14.8 Å². The van der Waals surface area contributed by atoms with Crippen molar-refractivity contribution >= 4 is 5.91 Å². The number of amides is 1. The fourth-order valence-corrected chi connectivity index (χ4v) is 2.76. The predicted molar refractivity (Wildman–Crippen MR) is 88.7 cm³/mol. The van der Waals surface area contributed by atoms with Crippen molar-refractivity contribution in [1.29, 1.82) is 0 Å². The van der Waals surface area contributed by atoms with Crippen LogP contribution in [0.25, 0.3) is 0 Å². The van der Waals surface area contributed by atoms with Crippen LogP contribution in [0.5, 0.6) is 11.5 Å². The summed E-state index contributed by atoms with van der Waals surface area (Å²) in [6.07, 6.45) is 0. The third kappa shape index (κ3) is 3.16. The fraction of sp³-hybridized carbons (Fsp3) is 0.316. The van der Waals surface area contributed by atoms with E-state index >= 15 is 0 Å². The van der Waals surface area contributed by atoms with Crippen LogP contribution in [0.3, 0.4) is 0 Å². The van der Waals surface area contributed by atoms with E-state index in [9.17, 15) is 4.79 Å². The van der Waals surface area contributed by atoms with Crippen LogP contribution in [0, 0.1) is 5.41 Å². The topological polar surface area (TPSA) is 47.6 Å². The van der Waals surface area contributed by atoms with E-state index in [1.165, 1.54) is 0 Å². The first-order chi connectivity index (χ1) is 11.0. The van der Waals surface area contributed by atoms with Gasteiger partial charge in [0.2, 0.25) is 6.79 Å². The van der Waals surface area contributed by atoms with Crippen LogP contribution in [-0.4, -0.2) is 12.7 Å². The van der Waals surface area contributed by atoms with E-state index in [2.05, 4.69) is 26.1 Å². The highest BCUT2D eigenvalue weighted by molar-refractivity contribution is 5.98. The van der Waals surface area contributed by atoms with E-state index in [0.717, 1.165) is 5.56 Å². The van der Waals surface area contributed by atoms with Crippen molar-refractivity contribution in [3.05, 3.63) is 59.7 Å². The first-order valence-electron chi connectivity index (χ1n) is 7.71. The van der Waals surface area contributed by atoms with Crippen molar-refractivity contribution in [2.45, 2.75) is 26.8 Å². The molecule has 1 amide bonds. The number of hydrogen-bond acceptors (Lipinski definition) is 3. The summed E-state index contributed by atoms with van der Waals surface area (Å²) in [4.78, 5) is 12.8. The minimum absolute atomic E-state index is 0.102. The molecule has 0 aromatic heterocycles. The van der Waals surface area contributed by atoms with Crippen LogP contribution in [0.2, 0.25) is 0 Å². The van der Waals surface area contributed by atoms with E-state index in [-0.39, 0.29) is 24.2 Å². The van der Waals surface area contributed by atoms with Gasteiger partial charge in [-0.3, -0.25) is 4.79 Å². The Balaban J connectivity index is 1.89. The molecule has 0 bridgehead atoms. The zero-order valence-electron chi connectivity index (χ0n) is 13.6. The van der Waals surface area contributed by atoms with E-state index in [0.29, 0.717) is 17.1 Å². The molecule has 0 spiro atoms. The number of carbonyl (C=O) groups excluding carboxylic acids is 1. The Morgan fingerprint density at radius 1 is 1.04 bits per heavy atom. The number of hydrogen-bond donors (Lipinski definition) is 1. The number of fused-ring (bicyclic) bond motifs is 1. The normalized spacial score (nSPS) is 14.4. The zero-order chi connectivity index (χ0) is 16.4. The lowest BCUT2D eigenvalue weighted by Gasteiger charge is -2.32. The molecule has 1 heterocycles. The molecule has 0 aliphatic carbocycles. The molecule has 3 rings (SSSR count). The maximum absolute atomic E-state index is 12.8. The Labute approximate surface area is 136 Å². The summed E-state index contributed by atoms with van der Waals surface area (Å²) in [7, 11) is 0. The number of nitrogens with one attached hydrogen (secondary N) is 1. The lowest BCUT2D eigenvalue weighted by molar-refractivity contribution is 0.0897. The van der Waals surface area contributed by atoms with Gasteiger partial charge in [-0.1, -0.05) is 57.2 Å². The lowest BCUT2D eigenvalue weighted by Crippen LogP contribution is -2.36. The molecule has 1 unspecified atom stereocenters. The Hall–Kier alpha value is -2.49. The third-order valence-electron chi connectivity index (χ3n) is 3.92. The molecule has 1 N–H and O–H groups in total. The molecule has 0 saturated heterocycles. The molecule has 0 radical (unpaired) electrons. The van der Waals surface area contributed by atoms with Gasteiger partial charge >= 0.3 is 0 Å². The largest absolute Gasteiger partial charge is 0.454 e. The van der Waals surface area contributed by atoms with Gasteiger partial charge in [-0.25, -0.2) is 0 Å². The van der Waals surface area contributed by atoms with Crippen LogP contribution < -0.4 is 14.8 Å². The average Bonchev–Trinajstić information content (AvgIpc) is 3.00. The molecule has 4 nitrogen and oxygen atoms in total. The minimum atomic E-state index is -0.156. The molecule has 0 saturated carbocycles. The van der Waals surface area contributed by atoms with Gasteiger partial charge in [0, 0.05) is 0 Å². The predicted octanol–water partition coefficient (Wildman–Crippen LogP) is 3.93. The van der Waals surface area contributed by atoms with E-state index in [1.54, 1.807) is 18.2 Å². The minimum Gasteiger partial charge on any atom is -0.454 e. The SMILES string of the molecule is CC(C)(C)C(NC(=O)c1cccc2c1OCO2)c1ccccc1. The second kappa shape index (κ2) is 5.95. The van der Waals surface area contributed by atoms with Crippen molar-refractivity contribution < 1.29 is 14.3 Å². The first-order valence-corrected chi connectivity index (χ1v) is 7.71. The van der Waals surface area contributed by atoms with Crippen molar-refractivity contribution in [1.82, 2.24) is 5.32 Å². The van der Waals surface area contributed by atoms with Crippen LogP contribution in [0.1, 0.15) is 42.7 Å². The summed E-state index contributed by atoms with van der Waals surface area (Å²) in [5.41, 5.74) is 1.47. The van der Waals surface area contributed by atoms with Crippen LogP contribution >= 0.6 is 0 Å². The Morgan fingerprint density at radius 3 is 2.48 bits per heavy atom. The molecule has 4 heteroatoms. The number of benzene rings is 2. The Kier molecular flexibility index (Phi) is 3.99. The van der Waals surface area contributed by atoms with Gasteiger partial charge in [0.1, 0.15) is 0 Å². The smallest absolute Gasteiger partial charge is 0.255 e. The van der Waals surface area contributed by atoms with E-state index in [1.807, 2.05) is 30.3 Å². The van der Waals surface area contributed by atoms with E-state index in [4.69, 9.17) is 9.47 Å². The summed E-state index contributed by atoms with van der Waals surface area (Å²) >= 11 is 0. The van der Waals surface area contributed by atoms with Gasteiger partial charge in [0.05, 0.1) is 11.6 Å². The van der Waals surface area contributed by atoms with Crippen molar-refractivity contribution in [2.24, 2.45) is 5.41 Å². The summed E-state index contributed by atoms with van der Waals surface area (Å²) in [6.45, 7) is 6.49. The Bertz CT molecular complexity index is 704. The van der Waals surface area contributed by atoms with Gasteiger partial charge in [0.15, 0.2) is 11.5 Å². The van der Waals surface area contributed by atoms with Gasteiger partial charge in [0.25, 0.3) is 5.91 Å². The fourth-order valence-electron chi connectivity index (χ4n) is 2.76. The quantitative estimate of drug-likeness (QED) is 0.934. The summed E-state index contributed by atoms with van der Waals surface area (Å²) in [6, 6.07) is 15.3. The zero-order valence-corrected chi connectivity index (χ0v) is 13.6. The number of rotatable bonds is 3. The maximum atomic E-state index is 12.8. The van der Waals surface area contributed by atoms with Crippen LogP contribution in [0.4, 0.5) is 0 Å². The molecule has 2 aromatic rings. The molecular formula is C19H21NO3. The van der Waals surface area contributed by atoms with Crippen molar-refractivity contribution in [3.63, 3.8) is 0 Å². The molecule has 120 valence electrons. The first kappa shape index (κ1) is 15.4. The molecule has 2 aromatic carbocycles. The highest BCUT2D eigenvalue weighted by Crippen LogP contribution is 2.37. The van der Waals surface area contributed by atoms with Crippen molar-refractivity contribution in [2.75, 3.05) is 6.79 Å². The molecule has 1 aliphatic heterocycles. The highest BCUT2D eigenvalue weighted by atomic mass is 16.7. The van der Waals surface area contributed by atoms with Gasteiger partial charge in [-0.05, 0) is 23.1 Å². The standard InChI is InChI=1S/C19H21NO3/c1-19(2,3)17(13-8-5-4-6-9-13)20-18(21)14-10-7-11-15-16(14)23-12-22-15/h4-11,17H,12H2,1-3H3,(H,20,21). The summed E-state index contributed by atoms with van der Waals surface area (Å²) in [5, 5.41) is 3.14. The number of carbonyl (C=O) groups is 1. The summed E-state index contributed by atoms with van der Waals surface area (Å²) in [5.74, 6) is 0.978. The lowest BCUT2D eigenvalue weighted by atomic mass is 9.82. The van der Waals surface area contributed by atoms with Crippen LogP contribution in [0.15, 0.2) is 48.5 Å². The molecular weight excluding hydrogens is 290 g/mol. The van der Waals surface area contributed by atoms with Crippen molar-refractivity contribution in [3.8, 4) is 11.5 Å². The van der Waals surface area contributed by atoms with Gasteiger partial charge in [-0.15, -0.1) is 0 Å². The van der Waals surface area contributed by atoms with Crippen LogP contribution in [-0.2, 0) is 0 Å². The average molecular weight is 311 g/mol. The maximum Gasteiger partial charge on any atom is 0.255 e.